The van der Waals surface area contributed by atoms with E-state index in [4.69, 9.17) is 0 Å². The molecular weight excluding hydrogens is 406 g/mol. The topological polar surface area (TPSA) is 45.2 Å². The van der Waals surface area contributed by atoms with E-state index in [0.717, 1.165) is 27.7 Å². The predicted octanol–water partition coefficient (Wildman–Crippen LogP) is 6.81. The molecule has 0 fully saturated rings. The normalized spacial score (nSPS) is 11.4. The number of carbonyl (C=O) groups excluding carboxylic acids is 1. The van der Waals surface area contributed by atoms with Crippen LogP contribution in [0.1, 0.15) is 37.6 Å². The second-order valence-corrected chi connectivity index (χ2v) is 9.40. The summed E-state index contributed by atoms with van der Waals surface area (Å²) in [7, 11) is 0. The fourth-order valence-electron chi connectivity index (χ4n) is 3.91. The summed E-state index contributed by atoms with van der Waals surface area (Å²) in [6, 6.07) is 28.4. The van der Waals surface area contributed by atoms with Crippen LogP contribution in [0.5, 0.6) is 0 Å². The summed E-state index contributed by atoms with van der Waals surface area (Å²) in [6.45, 7) is 7.74. The molecule has 4 nitrogen and oxygen atoms in total. The summed E-state index contributed by atoms with van der Waals surface area (Å²) in [5, 5.41) is 5.28. The largest absolute Gasteiger partial charge is 0.322 e. The van der Waals surface area contributed by atoms with E-state index in [-0.39, 0.29) is 11.4 Å². The Morgan fingerprint density at radius 3 is 2.33 bits per heavy atom. The predicted molar refractivity (Wildman–Crippen MR) is 136 cm³/mol. The molecule has 4 heteroatoms. The van der Waals surface area contributed by atoms with Crippen LogP contribution in [0.3, 0.4) is 0 Å². The maximum atomic E-state index is 13.4. The van der Waals surface area contributed by atoms with Gasteiger partial charge in [0.25, 0.3) is 0 Å². The van der Waals surface area contributed by atoms with Crippen molar-refractivity contribution in [2.75, 3.05) is 11.9 Å². The molecule has 0 saturated heterocycles. The van der Waals surface area contributed by atoms with Crippen LogP contribution >= 0.6 is 0 Å². The van der Waals surface area contributed by atoms with Crippen molar-refractivity contribution in [1.82, 2.24) is 9.88 Å². The van der Waals surface area contributed by atoms with E-state index in [1.807, 2.05) is 53.4 Å². The first-order valence-electron chi connectivity index (χ1n) is 11.4. The number of fused-ring (bicyclic) bond motifs is 1. The smallest absolute Gasteiger partial charge is 0.320 e. The average Bonchev–Trinajstić information content (AvgIpc) is 2.82. The number of hydrogen-bond donors (Lipinski definition) is 1. The molecule has 4 aromatic rings. The molecule has 33 heavy (non-hydrogen) atoms. The number of urea groups is 1. The van der Waals surface area contributed by atoms with E-state index in [1.54, 1.807) is 6.20 Å². The number of pyridine rings is 1. The highest BCUT2D eigenvalue weighted by atomic mass is 16.2. The zero-order valence-electron chi connectivity index (χ0n) is 19.6. The zero-order valence-corrected chi connectivity index (χ0v) is 19.6. The van der Waals surface area contributed by atoms with Gasteiger partial charge in [0.2, 0.25) is 0 Å². The van der Waals surface area contributed by atoms with Crippen molar-refractivity contribution in [3.8, 4) is 0 Å². The number of carbonyl (C=O) groups is 1. The van der Waals surface area contributed by atoms with E-state index in [1.165, 1.54) is 5.56 Å². The molecule has 0 bridgehead atoms. The van der Waals surface area contributed by atoms with Gasteiger partial charge < -0.3 is 10.2 Å². The van der Waals surface area contributed by atoms with Gasteiger partial charge in [-0.2, -0.15) is 0 Å². The Bertz CT molecular complexity index is 1210. The Kier molecular flexibility index (Phi) is 6.74. The van der Waals surface area contributed by atoms with Crippen LogP contribution in [0.15, 0.2) is 91.1 Å². The van der Waals surface area contributed by atoms with Crippen LogP contribution in [0.2, 0.25) is 0 Å². The van der Waals surface area contributed by atoms with Gasteiger partial charge in [0.1, 0.15) is 0 Å². The molecule has 3 aromatic carbocycles. The second-order valence-electron chi connectivity index (χ2n) is 9.40. The number of anilines is 1. The van der Waals surface area contributed by atoms with Gasteiger partial charge in [-0.05, 0) is 40.1 Å². The van der Waals surface area contributed by atoms with Gasteiger partial charge in [0.05, 0.1) is 5.69 Å². The van der Waals surface area contributed by atoms with Crippen LogP contribution in [-0.2, 0) is 18.4 Å². The van der Waals surface area contributed by atoms with Crippen LogP contribution < -0.4 is 5.32 Å². The molecule has 0 aliphatic heterocycles. The van der Waals surface area contributed by atoms with Crippen LogP contribution in [0, 0.1) is 0 Å². The monoisotopic (exact) mass is 437 g/mol. The van der Waals surface area contributed by atoms with Gasteiger partial charge in [-0.3, -0.25) is 4.98 Å². The summed E-state index contributed by atoms with van der Waals surface area (Å²) < 4.78 is 0. The molecule has 0 spiro atoms. The molecule has 168 valence electrons. The molecule has 1 heterocycles. The van der Waals surface area contributed by atoms with E-state index in [0.29, 0.717) is 19.5 Å². The Hall–Kier alpha value is -3.66. The molecule has 0 saturated carbocycles. The summed E-state index contributed by atoms with van der Waals surface area (Å²) in [5.41, 5.74) is 4.29. The Morgan fingerprint density at radius 2 is 1.61 bits per heavy atom. The van der Waals surface area contributed by atoms with Gasteiger partial charge in [-0.25, -0.2) is 4.79 Å². The zero-order chi connectivity index (χ0) is 23.3. The number of aromatic nitrogens is 1. The third-order valence-electron chi connectivity index (χ3n) is 5.88. The third-order valence-corrected chi connectivity index (χ3v) is 5.88. The van der Waals surface area contributed by atoms with Crippen molar-refractivity contribution in [1.29, 1.82) is 0 Å². The second kappa shape index (κ2) is 9.86. The number of benzene rings is 3. The minimum Gasteiger partial charge on any atom is -0.320 e. The van der Waals surface area contributed by atoms with E-state index >= 15 is 0 Å². The lowest BCUT2D eigenvalue weighted by molar-refractivity contribution is 0.209. The number of rotatable bonds is 6. The summed E-state index contributed by atoms with van der Waals surface area (Å²) in [5.74, 6) is 0. The average molecular weight is 438 g/mol. The lowest BCUT2D eigenvalue weighted by Crippen LogP contribution is -2.36. The molecular formula is C29H31N3O. The molecule has 1 aromatic heterocycles. The van der Waals surface area contributed by atoms with Gasteiger partial charge in [-0.15, -0.1) is 0 Å². The Balaban J connectivity index is 1.55. The first kappa shape index (κ1) is 22.5. The third kappa shape index (κ3) is 5.78. The van der Waals surface area contributed by atoms with Gasteiger partial charge in [0.15, 0.2) is 0 Å². The first-order valence-corrected chi connectivity index (χ1v) is 11.4. The lowest BCUT2D eigenvalue weighted by Gasteiger charge is -2.24. The first-order chi connectivity index (χ1) is 15.9. The molecule has 1 N–H and O–H groups in total. The highest BCUT2D eigenvalue weighted by Gasteiger charge is 2.17. The van der Waals surface area contributed by atoms with Crippen LogP contribution in [-0.4, -0.2) is 22.5 Å². The molecule has 0 aliphatic rings. The minimum absolute atomic E-state index is 0.100. The highest BCUT2D eigenvalue weighted by Crippen LogP contribution is 2.25. The maximum absolute atomic E-state index is 13.4. The van der Waals surface area contributed by atoms with Crippen molar-refractivity contribution in [2.45, 2.75) is 39.2 Å². The number of hydrogen-bond acceptors (Lipinski definition) is 2. The summed E-state index contributed by atoms with van der Waals surface area (Å²) >= 11 is 0. The van der Waals surface area contributed by atoms with Crippen molar-refractivity contribution in [2.24, 2.45) is 0 Å². The van der Waals surface area contributed by atoms with Gasteiger partial charge in [0, 0.05) is 36.8 Å². The van der Waals surface area contributed by atoms with Gasteiger partial charge >= 0.3 is 6.03 Å². The van der Waals surface area contributed by atoms with Crippen molar-refractivity contribution < 1.29 is 4.79 Å². The van der Waals surface area contributed by atoms with E-state index < -0.39 is 0 Å². The standard InChI is InChI=1S/C29H31N3O/c1-29(2,3)24-16-14-22(15-17-24)21-32(20-18-25-11-6-7-19-30-25)28(33)31-27-13-8-10-23-9-4-5-12-26(23)27/h4-17,19H,18,20-21H2,1-3H3,(H,31,33). The highest BCUT2D eigenvalue weighted by molar-refractivity contribution is 6.01. The number of nitrogens with zero attached hydrogens (tertiary/aromatic N) is 2. The Morgan fingerprint density at radius 1 is 0.879 bits per heavy atom. The van der Waals surface area contributed by atoms with Crippen molar-refractivity contribution in [3.05, 3.63) is 108 Å². The molecule has 4 rings (SSSR count). The molecule has 0 atom stereocenters. The maximum Gasteiger partial charge on any atom is 0.322 e. The van der Waals surface area contributed by atoms with Crippen LogP contribution in [0.4, 0.5) is 10.5 Å². The quantitative estimate of drug-likeness (QED) is 0.360. The van der Waals surface area contributed by atoms with Crippen molar-refractivity contribution >= 4 is 22.5 Å². The van der Waals surface area contributed by atoms with E-state index in [2.05, 4.69) is 67.5 Å². The Labute approximate surface area is 196 Å². The summed E-state index contributed by atoms with van der Waals surface area (Å²) in [4.78, 5) is 19.7. The van der Waals surface area contributed by atoms with E-state index in [9.17, 15) is 4.79 Å². The number of amides is 2. The minimum atomic E-state index is -0.109. The fraction of sp³-hybridized carbons (Fsp3) is 0.241. The summed E-state index contributed by atoms with van der Waals surface area (Å²) in [6.07, 6.45) is 2.49. The van der Waals surface area contributed by atoms with Crippen molar-refractivity contribution in [3.63, 3.8) is 0 Å². The molecule has 0 radical (unpaired) electrons. The molecule has 0 aliphatic carbocycles. The molecule has 2 amide bonds. The van der Waals surface area contributed by atoms with Gasteiger partial charge in [-0.1, -0.05) is 87.5 Å². The fourth-order valence-corrected chi connectivity index (χ4v) is 3.91. The number of nitrogens with one attached hydrogen (secondary N) is 1. The SMILES string of the molecule is CC(C)(C)c1ccc(CN(CCc2ccccn2)C(=O)Nc2cccc3ccccc23)cc1. The lowest BCUT2D eigenvalue weighted by atomic mass is 9.87. The van der Waals surface area contributed by atoms with Crippen LogP contribution in [0.25, 0.3) is 10.8 Å². The molecule has 0 unspecified atom stereocenters.